The quantitative estimate of drug-likeness (QED) is 0.719. The van der Waals surface area contributed by atoms with Crippen LogP contribution >= 0.6 is 0 Å². The van der Waals surface area contributed by atoms with Crippen molar-refractivity contribution in [2.45, 2.75) is 25.0 Å². The Balaban J connectivity index is 2.89. The highest BCUT2D eigenvalue weighted by atomic mass is 19.1. The lowest BCUT2D eigenvalue weighted by molar-refractivity contribution is -0.141. The van der Waals surface area contributed by atoms with E-state index in [-0.39, 0.29) is 12.0 Å². The molecule has 0 saturated carbocycles. The smallest absolute Gasteiger partial charge is 0.306 e. The molecular formula is C12H12FNO4. The van der Waals surface area contributed by atoms with Crippen LogP contribution in [-0.4, -0.2) is 27.4 Å². The van der Waals surface area contributed by atoms with Gasteiger partial charge in [0, 0.05) is 5.56 Å². The van der Waals surface area contributed by atoms with Gasteiger partial charge in [0.05, 0.1) is 25.0 Å². The van der Waals surface area contributed by atoms with Gasteiger partial charge in [0.2, 0.25) is 0 Å². The molecule has 2 atom stereocenters. The molecule has 0 bridgehead atoms. The van der Waals surface area contributed by atoms with E-state index in [1.165, 1.54) is 12.1 Å². The van der Waals surface area contributed by atoms with Crippen LogP contribution in [0, 0.1) is 17.1 Å². The molecule has 1 aromatic rings. The molecule has 0 heterocycles. The summed E-state index contributed by atoms with van der Waals surface area (Å²) in [7, 11) is 0. The lowest BCUT2D eigenvalue weighted by Crippen LogP contribution is -2.22. The molecule has 0 radical (unpaired) electrons. The Morgan fingerprint density at radius 1 is 1.44 bits per heavy atom. The van der Waals surface area contributed by atoms with Gasteiger partial charge in [-0.3, -0.25) is 4.79 Å². The summed E-state index contributed by atoms with van der Waals surface area (Å²) >= 11 is 0. The average molecular weight is 253 g/mol. The molecule has 0 spiro atoms. The van der Waals surface area contributed by atoms with E-state index in [2.05, 4.69) is 0 Å². The predicted molar refractivity (Wildman–Crippen MR) is 58.9 cm³/mol. The van der Waals surface area contributed by atoms with E-state index in [0.717, 1.165) is 6.07 Å². The molecule has 96 valence electrons. The van der Waals surface area contributed by atoms with Crippen LogP contribution in [-0.2, 0) is 11.2 Å². The molecule has 18 heavy (non-hydrogen) atoms. The predicted octanol–water partition coefficient (Wildman–Crippen LogP) is 0.761. The standard InChI is InChI=1S/C12H12FNO4/c13-9-5-7(3-4-14)1-2-8(9)12(18)10(15)6-11(16)17/h1-2,5,10,12,15,18H,3,6H2,(H,16,17). The summed E-state index contributed by atoms with van der Waals surface area (Å²) in [5.74, 6) is -2.07. The highest BCUT2D eigenvalue weighted by Gasteiger charge is 2.23. The van der Waals surface area contributed by atoms with Gasteiger partial charge in [-0.05, 0) is 11.6 Å². The highest BCUT2D eigenvalue weighted by Crippen LogP contribution is 2.23. The second-order valence-corrected chi connectivity index (χ2v) is 3.80. The van der Waals surface area contributed by atoms with Crippen molar-refractivity contribution in [3.05, 3.63) is 35.1 Å². The molecule has 0 fully saturated rings. The number of carbonyl (C=O) groups is 1. The first-order valence-corrected chi connectivity index (χ1v) is 5.19. The number of nitriles is 1. The number of rotatable bonds is 5. The SMILES string of the molecule is N#CCc1ccc(C(O)C(O)CC(=O)O)c(F)c1. The fourth-order valence-electron chi connectivity index (χ4n) is 1.51. The summed E-state index contributed by atoms with van der Waals surface area (Å²) < 4.78 is 13.6. The number of aliphatic carboxylic acids is 1. The molecule has 0 aliphatic heterocycles. The van der Waals surface area contributed by atoms with E-state index in [1.807, 2.05) is 6.07 Å². The van der Waals surface area contributed by atoms with Gasteiger partial charge >= 0.3 is 5.97 Å². The first-order valence-electron chi connectivity index (χ1n) is 5.19. The van der Waals surface area contributed by atoms with Crippen LogP contribution in [0.25, 0.3) is 0 Å². The van der Waals surface area contributed by atoms with Crippen LogP contribution in [0.4, 0.5) is 4.39 Å². The molecule has 0 amide bonds. The molecule has 0 aliphatic carbocycles. The molecule has 1 rings (SSSR count). The number of halogens is 1. The Hall–Kier alpha value is -1.97. The second kappa shape index (κ2) is 6.10. The van der Waals surface area contributed by atoms with Crippen molar-refractivity contribution < 1.29 is 24.5 Å². The molecule has 0 aromatic heterocycles. The van der Waals surface area contributed by atoms with Crippen LogP contribution < -0.4 is 0 Å². The van der Waals surface area contributed by atoms with Gasteiger partial charge in [-0.1, -0.05) is 12.1 Å². The maximum Gasteiger partial charge on any atom is 0.306 e. The zero-order valence-electron chi connectivity index (χ0n) is 9.38. The minimum Gasteiger partial charge on any atom is -0.481 e. The minimum absolute atomic E-state index is 0.0327. The normalized spacial score (nSPS) is 13.7. The molecule has 5 nitrogen and oxygen atoms in total. The number of carboxylic acids is 1. The Bertz CT molecular complexity index is 483. The number of aliphatic hydroxyl groups is 2. The van der Waals surface area contributed by atoms with Gasteiger partial charge in [-0.15, -0.1) is 0 Å². The van der Waals surface area contributed by atoms with E-state index in [9.17, 15) is 19.4 Å². The molecule has 3 N–H and O–H groups in total. The number of carboxylic acid groups (broad SMARTS) is 1. The summed E-state index contributed by atoms with van der Waals surface area (Å²) in [6.07, 6.45) is -3.85. The zero-order valence-corrected chi connectivity index (χ0v) is 9.38. The minimum atomic E-state index is -1.61. The van der Waals surface area contributed by atoms with Crippen molar-refractivity contribution in [2.75, 3.05) is 0 Å². The Morgan fingerprint density at radius 3 is 2.61 bits per heavy atom. The highest BCUT2D eigenvalue weighted by molar-refractivity contribution is 5.67. The van der Waals surface area contributed by atoms with E-state index in [1.54, 1.807) is 0 Å². The van der Waals surface area contributed by atoms with Gasteiger partial charge in [-0.2, -0.15) is 5.26 Å². The Morgan fingerprint density at radius 2 is 2.11 bits per heavy atom. The molecule has 0 aliphatic rings. The average Bonchev–Trinajstić information content (AvgIpc) is 2.28. The summed E-state index contributed by atoms with van der Waals surface area (Å²) in [5.41, 5.74) is 0.254. The third-order valence-corrected chi connectivity index (χ3v) is 2.41. The van der Waals surface area contributed by atoms with E-state index >= 15 is 0 Å². The largest absolute Gasteiger partial charge is 0.481 e. The number of hydrogen-bond acceptors (Lipinski definition) is 4. The van der Waals surface area contributed by atoms with Gasteiger partial charge in [0.15, 0.2) is 0 Å². The van der Waals surface area contributed by atoms with Crippen molar-refractivity contribution in [3.63, 3.8) is 0 Å². The van der Waals surface area contributed by atoms with Crippen LogP contribution in [0.5, 0.6) is 0 Å². The number of aliphatic hydroxyl groups excluding tert-OH is 2. The monoisotopic (exact) mass is 253 g/mol. The van der Waals surface area contributed by atoms with Gasteiger partial charge in [-0.25, -0.2) is 4.39 Å². The van der Waals surface area contributed by atoms with Crippen LogP contribution in [0.3, 0.4) is 0 Å². The van der Waals surface area contributed by atoms with Crippen molar-refractivity contribution in [1.29, 1.82) is 5.26 Å². The summed E-state index contributed by atoms with van der Waals surface area (Å²) in [6, 6.07) is 5.61. The van der Waals surface area contributed by atoms with Gasteiger partial charge < -0.3 is 15.3 Å². The van der Waals surface area contributed by atoms with E-state index in [0.29, 0.717) is 5.56 Å². The molecular weight excluding hydrogens is 241 g/mol. The van der Waals surface area contributed by atoms with Crippen LogP contribution in [0.1, 0.15) is 23.7 Å². The van der Waals surface area contributed by atoms with E-state index in [4.69, 9.17) is 10.4 Å². The van der Waals surface area contributed by atoms with Crippen molar-refractivity contribution in [2.24, 2.45) is 0 Å². The third kappa shape index (κ3) is 3.52. The van der Waals surface area contributed by atoms with Crippen molar-refractivity contribution in [3.8, 4) is 6.07 Å². The summed E-state index contributed by atoms with van der Waals surface area (Å²) in [6.45, 7) is 0. The van der Waals surface area contributed by atoms with Gasteiger partial charge in [0.25, 0.3) is 0 Å². The topological polar surface area (TPSA) is 102 Å². The Kier molecular flexibility index (Phi) is 4.77. The molecule has 1 aromatic carbocycles. The maximum absolute atomic E-state index is 13.6. The van der Waals surface area contributed by atoms with Crippen LogP contribution in [0.15, 0.2) is 18.2 Å². The van der Waals surface area contributed by atoms with E-state index < -0.39 is 30.4 Å². The lowest BCUT2D eigenvalue weighted by Gasteiger charge is -2.17. The number of benzene rings is 1. The second-order valence-electron chi connectivity index (χ2n) is 3.80. The molecule has 0 saturated heterocycles. The molecule has 2 unspecified atom stereocenters. The first-order chi connectivity index (χ1) is 8.45. The summed E-state index contributed by atoms with van der Waals surface area (Å²) in [5, 5.41) is 35.9. The number of hydrogen-bond donors (Lipinski definition) is 3. The fourth-order valence-corrected chi connectivity index (χ4v) is 1.51. The third-order valence-electron chi connectivity index (χ3n) is 2.41. The van der Waals surface area contributed by atoms with Crippen LogP contribution in [0.2, 0.25) is 0 Å². The Labute approximate surface area is 103 Å². The lowest BCUT2D eigenvalue weighted by atomic mass is 9.99. The number of nitrogens with zero attached hydrogens (tertiary/aromatic N) is 1. The summed E-state index contributed by atoms with van der Waals surface area (Å²) in [4.78, 5) is 10.4. The maximum atomic E-state index is 13.6. The fraction of sp³-hybridized carbons (Fsp3) is 0.333. The van der Waals surface area contributed by atoms with Crippen molar-refractivity contribution in [1.82, 2.24) is 0 Å². The molecule has 6 heteroatoms. The van der Waals surface area contributed by atoms with Crippen molar-refractivity contribution >= 4 is 5.97 Å². The van der Waals surface area contributed by atoms with Gasteiger partial charge in [0.1, 0.15) is 11.9 Å². The first kappa shape index (κ1) is 14.1. The zero-order chi connectivity index (χ0) is 13.7.